The lowest BCUT2D eigenvalue weighted by Crippen LogP contribution is -3.05. The van der Waals surface area contributed by atoms with Crippen LogP contribution in [0.2, 0.25) is 6.04 Å². The van der Waals surface area contributed by atoms with E-state index in [0.717, 1.165) is 18.4 Å². The van der Waals surface area contributed by atoms with E-state index in [1.807, 2.05) is 0 Å². The van der Waals surface area contributed by atoms with Crippen LogP contribution in [-0.2, 0) is 13.3 Å². The van der Waals surface area contributed by atoms with Gasteiger partial charge >= 0.3 is 8.80 Å². The van der Waals surface area contributed by atoms with E-state index in [0.29, 0.717) is 0 Å². The molecule has 1 atom stereocenters. The van der Waals surface area contributed by atoms with Gasteiger partial charge in [0.2, 0.25) is 0 Å². The van der Waals surface area contributed by atoms with Crippen LogP contribution < -0.4 is 17.3 Å². The number of nitrogens with one attached hydrogen (secondary N) is 1. The minimum absolute atomic E-state index is 0. The monoisotopic (exact) mass is 467 g/mol. The third-order valence-corrected chi connectivity index (χ3v) is 9.13. The third kappa shape index (κ3) is 18.0. The lowest BCUT2D eigenvalue weighted by molar-refractivity contribution is -0.858. The van der Waals surface area contributed by atoms with Gasteiger partial charge in [0.15, 0.2) is 0 Å². The fraction of sp³-hybridized carbons (Fsp3) is 1.00. The van der Waals surface area contributed by atoms with Gasteiger partial charge in [-0.1, -0.05) is 90.4 Å². The van der Waals surface area contributed by atoms with Crippen LogP contribution in [0.4, 0.5) is 0 Å². The number of hydrogen-bond acceptors (Lipinski definition) is 3. The third-order valence-electron chi connectivity index (χ3n) is 6.30. The summed E-state index contributed by atoms with van der Waals surface area (Å²) in [4.78, 5) is 1.56. The molecule has 184 valence electrons. The van der Waals surface area contributed by atoms with Crippen LogP contribution in [0.1, 0.15) is 103 Å². The van der Waals surface area contributed by atoms with Crippen molar-refractivity contribution in [3.63, 3.8) is 0 Å². The molecule has 30 heavy (non-hydrogen) atoms. The highest BCUT2D eigenvalue weighted by molar-refractivity contribution is 6.60. The Balaban J connectivity index is 0. The van der Waals surface area contributed by atoms with Crippen molar-refractivity contribution in [3.05, 3.63) is 0 Å². The summed E-state index contributed by atoms with van der Waals surface area (Å²) in [6.45, 7) is 3.56. The maximum Gasteiger partial charge on any atom is 0.500 e. The highest BCUT2D eigenvalue weighted by Crippen LogP contribution is 2.24. The maximum absolute atomic E-state index is 5.58. The van der Waals surface area contributed by atoms with E-state index in [-0.39, 0.29) is 12.4 Å². The molecule has 0 aliphatic carbocycles. The predicted octanol–water partition coefficient (Wildman–Crippen LogP) is 2.50. The first-order valence-electron chi connectivity index (χ1n) is 12.5. The van der Waals surface area contributed by atoms with Crippen LogP contribution in [0.5, 0.6) is 0 Å². The van der Waals surface area contributed by atoms with Crippen molar-refractivity contribution < 1.29 is 30.6 Å². The van der Waals surface area contributed by atoms with E-state index in [9.17, 15) is 0 Å². The summed E-state index contributed by atoms with van der Waals surface area (Å²) in [5.41, 5.74) is 0. The normalized spacial score (nSPS) is 12.9. The lowest BCUT2D eigenvalue weighted by atomic mass is 9.92. The molecule has 0 saturated carbocycles. The van der Waals surface area contributed by atoms with Crippen molar-refractivity contribution >= 4 is 8.80 Å². The summed E-state index contributed by atoms with van der Waals surface area (Å²) in [5, 5.41) is 0. The quantitative estimate of drug-likeness (QED) is 0.196. The Labute approximate surface area is 196 Å². The Bertz CT molecular complexity index is 336. The molecule has 4 nitrogen and oxygen atoms in total. The average Bonchev–Trinajstić information content (AvgIpc) is 2.73. The van der Waals surface area contributed by atoms with Crippen LogP contribution in [0.25, 0.3) is 0 Å². The number of rotatable bonds is 22. The van der Waals surface area contributed by atoms with E-state index in [2.05, 4.69) is 21.0 Å². The molecule has 0 aromatic heterocycles. The zero-order valence-electron chi connectivity index (χ0n) is 21.2. The minimum atomic E-state index is -2.40. The summed E-state index contributed by atoms with van der Waals surface area (Å²) in [7, 11) is 7.28. The molecule has 1 N–H and O–H groups in total. The zero-order chi connectivity index (χ0) is 21.8. The highest BCUT2D eigenvalue weighted by atomic mass is 35.5. The van der Waals surface area contributed by atoms with Crippen LogP contribution in [-0.4, -0.2) is 50.8 Å². The Morgan fingerprint density at radius 2 is 1.07 bits per heavy atom. The maximum atomic E-state index is 5.58. The van der Waals surface area contributed by atoms with Crippen molar-refractivity contribution in [2.45, 2.75) is 109 Å². The lowest BCUT2D eigenvalue weighted by Gasteiger charge is -2.25. The fourth-order valence-corrected chi connectivity index (χ4v) is 5.94. The molecular formula is C24H54ClNO3Si. The van der Waals surface area contributed by atoms with E-state index < -0.39 is 8.80 Å². The minimum Gasteiger partial charge on any atom is -1.00 e. The predicted molar refractivity (Wildman–Crippen MR) is 128 cm³/mol. The van der Waals surface area contributed by atoms with Crippen LogP contribution >= 0.6 is 0 Å². The van der Waals surface area contributed by atoms with E-state index >= 15 is 0 Å². The molecule has 0 aromatic rings. The molecule has 0 rings (SSSR count). The second-order valence-corrected chi connectivity index (χ2v) is 12.2. The Hall–Kier alpha value is 0.347. The first-order valence-corrected chi connectivity index (χ1v) is 14.4. The molecular weight excluding hydrogens is 414 g/mol. The van der Waals surface area contributed by atoms with Gasteiger partial charge in [0, 0.05) is 27.4 Å². The fourth-order valence-electron chi connectivity index (χ4n) is 4.19. The first kappa shape index (κ1) is 32.5. The molecule has 0 radical (unpaired) electrons. The number of unbranched alkanes of at least 4 members (excludes halogenated alkanes) is 10. The van der Waals surface area contributed by atoms with Gasteiger partial charge in [-0.15, -0.1) is 0 Å². The van der Waals surface area contributed by atoms with Gasteiger partial charge in [-0.25, -0.2) is 0 Å². The number of quaternary nitrogens is 1. The Morgan fingerprint density at radius 3 is 1.50 bits per heavy atom. The van der Waals surface area contributed by atoms with E-state index in [4.69, 9.17) is 13.3 Å². The van der Waals surface area contributed by atoms with E-state index in [1.165, 1.54) is 96.4 Å². The molecule has 1 unspecified atom stereocenters. The SMILES string of the molecule is CCCCCCCCCCCCCC(CCC[Si](OC)(OC)OC)CC[NH+](C)C.[Cl-]. The summed E-state index contributed by atoms with van der Waals surface area (Å²) >= 11 is 0. The molecule has 0 amide bonds. The van der Waals surface area contributed by atoms with Crippen molar-refractivity contribution in [3.8, 4) is 0 Å². The van der Waals surface area contributed by atoms with Crippen molar-refractivity contribution in [1.29, 1.82) is 0 Å². The van der Waals surface area contributed by atoms with Crippen molar-refractivity contribution in [2.75, 3.05) is 42.0 Å². The Kier molecular flexibility index (Phi) is 24.4. The standard InChI is InChI=1S/C24H53NO3Si.ClH/c1-7-8-9-10-11-12-13-14-15-16-17-19-24(21-22-25(2)3)20-18-23-29(26-4,27-5)28-6;/h24H,7-23H2,1-6H3;1H. The number of halogens is 1. The summed E-state index contributed by atoms with van der Waals surface area (Å²) < 4.78 is 16.7. The summed E-state index contributed by atoms with van der Waals surface area (Å²) in [6, 6.07) is 0.931. The summed E-state index contributed by atoms with van der Waals surface area (Å²) in [6.07, 6.45) is 20.8. The zero-order valence-corrected chi connectivity index (χ0v) is 23.0. The molecule has 0 heterocycles. The molecule has 0 saturated heterocycles. The second-order valence-electron chi connectivity index (χ2n) is 9.12. The molecule has 0 aliphatic rings. The van der Waals surface area contributed by atoms with Gasteiger partial charge in [0.25, 0.3) is 0 Å². The van der Waals surface area contributed by atoms with Crippen molar-refractivity contribution in [1.82, 2.24) is 0 Å². The number of hydrogen-bond donors (Lipinski definition) is 1. The summed E-state index contributed by atoms with van der Waals surface area (Å²) in [5.74, 6) is 0.834. The molecule has 6 heteroatoms. The molecule has 0 aliphatic heterocycles. The topological polar surface area (TPSA) is 32.1 Å². The van der Waals surface area contributed by atoms with Gasteiger partial charge in [-0.05, 0) is 18.8 Å². The Morgan fingerprint density at radius 1 is 0.633 bits per heavy atom. The molecule has 0 aromatic carbocycles. The van der Waals surface area contributed by atoms with Gasteiger partial charge in [0.05, 0.1) is 20.6 Å². The average molecular weight is 468 g/mol. The van der Waals surface area contributed by atoms with E-state index in [1.54, 1.807) is 26.2 Å². The van der Waals surface area contributed by atoms with Crippen LogP contribution in [0.15, 0.2) is 0 Å². The van der Waals surface area contributed by atoms with Crippen molar-refractivity contribution in [2.24, 2.45) is 5.92 Å². The first-order chi connectivity index (χ1) is 14.0. The molecule has 0 bridgehead atoms. The van der Waals surface area contributed by atoms with Gasteiger partial charge in [-0.3, -0.25) is 0 Å². The smallest absolute Gasteiger partial charge is 0.500 e. The molecule has 0 fully saturated rings. The molecule has 0 spiro atoms. The second kappa shape index (κ2) is 22.5. The van der Waals surface area contributed by atoms with Gasteiger partial charge in [-0.2, -0.15) is 0 Å². The highest BCUT2D eigenvalue weighted by Gasteiger charge is 2.37. The van der Waals surface area contributed by atoms with Gasteiger partial charge < -0.3 is 30.6 Å². The van der Waals surface area contributed by atoms with Crippen LogP contribution in [0.3, 0.4) is 0 Å². The van der Waals surface area contributed by atoms with Crippen LogP contribution in [0, 0.1) is 5.92 Å². The van der Waals surface area contributed by atoms with Gasteiger partial charge in [0.1, 0.15) is 0 Å². The largest absolute Gasteiger partial charge is 1.00 e.